The molecule has 2 aromatic carbocycles. The third-order valence-corrected chi connectivity index (χ3v) is 4.83. The molecule has 2 rings (SSSR count). The van der Waals surface area contributed by atoms with Gasteiger partial charge < -0.3 is 19.1 Å². The molecule has 1 unspecified atom stereocenters. The molecule has 0 aliphatic heterocycles. The molecule has 158 valence electrons. The lowest BCUT2D eigenvalue weighted by atomic mass is 10.1. The van der Waals surface area contributed by atoms with Crippen molar-refractivity contribution >= 4 is 21.8 Å². The molecule has 0 aliphatic carbocycles. The molecule has 0 heterocycles. The van der Waals surface area contributed by atoms with Crippen molar-refractivity contribution in [2.45, 2.75) is 39.8 Å². The third-order valence-electron chi connectivity index (χ3n) is 4.34. The van der Waals surface area contributed by atoms with Gasteiger partial charge in [0.25, 0.3) is 0 Å². The summed E-state index contributed by atoms with van der Waals surface area (Å²) < 4.78 is 32.9. The van der Waals surface area contributed by atoms with Crippen molar-refractivity contribution in [1.82, 2.24) is 4.90 Å². The van der Waals surface area contributed by atoms with Gasteiger partial charge in [0, 0.05) is 12.6 Å². The van der Waals surface area contributed by atoms with Crippen LogP contribution in [-0.2, 0) is 16.7 Å². The van der Waals surface area contributed by atoms with E-state index in [1.54, 1.807) is 35.2 Å². The molecular weight excluding hydrogens is 392 g/mol. The minimum atomic E-state index is -3.57. The number of hydrogen-bond acceptors (Lipinski definition) is 5. The highest BCUT2D eigenvalue weighted by molar-refractivity contribution is 7.86. The van der Waals surface area contributed by atoms with Crippen LogP contribution >= 0.6 is 0 Å². The van der Waals surface area contributed by atoms with Crippen LogP contribution in [0.1, 0.15) is 32.8 Å². The molecule has 2 aromatic rings. The number of para-hydroxylation sites is 2. The fraction of sp³-hybridized carbons (Fsp3) is 0.381. The summed E-state index contributed by atoms with van der Waals surface area (Å²) in [4.78, 5) is 14.7. The predicted octanol–water partition coefficient (Wildman–Crippen LogP) is 4.26. The molecule has 2 amide bonds. The largest absolute Gasteiger partial charge is 0.492 e. The molecule has 0 saturated carbocycles. The maximum Gasteiger partial charge on any atom is 0.322 e. The smallest absolute Gasteiger partial charge is 0.322 e. The van der Waals surface area contributed by atoms with Crippen LogP contribution in [0.2, 0.25) is 0 Å². The normalized spacial score (nSPS) is 12.1. The number of benzene rings is 2. The Morgan fingerprint density at radius 2 is 1.76 bits per heavy atom. The molecule has 1 N–H and O–H groups in total. The van der Waals surface area contributed by atoms with E-state index in [9.17, 15) is 13.2 Å². The summed E-state index contributed by atoms with van der Waals surface area (Å²) >= 11 is 0. The van der Waals surface area contributed by atoms with Crippen LogP contribution in [0.15, 0.2) is 48.5 Å². The highest BCUT2D eigenvalue weighted by Crippen LogP contribution is 2.25. The first-order valence-electron chi connectivity index (χ1n) is 9.51. The van der Waals surface area contributed by atoms with Crippen LogP contribution in [0.4, 0.5) is 10.5 Å². The van der Waals surface area contributed by atoms with Gasteiger partial charge in [-0.25, -0.2) is 4.79 Å². The van der Waals surface area contributed by atoms with E-state index in [0.717, 1.165) is 18.2 Å². The molecular formula is C21H28N2O5S. The Hall–Kier alpha value is -2.74. The Kier molecular flexibility index (Phi) is 7.90. The van der Waals surface area contributed by atoms with Gasteiger partial charge in [-0.15, -0.1) is 0 Å². The van der Waals surface area contributed by atoms with Crippen LogP contribution in [0.3, 0.4) is 0 Å². The zero-order valence-electron chi connectivity index (χ0n) is 17.2. The SMILES string of the molecule is CCOc1ccccc1NC(=O)N(Cc1ccc(OS(C)(=O)=O)cc1)C(C)CC. The van der Waals surface area contributed by atoms with Crippen LogP contribution < -0.4 is 14.2 Å². The molecule has 0 spiro atoms. The first kappa shape index (κ1) is 22.5. The van der Waals surface area contributed by atoms with E-state index in [0.29, 0.717) is 24.6 Å². The fourth-order valence-electron chi connectivity index (χ4n) is 2.71. The minimum Gasteiger partial charge on any atom is -0.492 e. The number of carbonyl (C=O) groups is 1. The van der Waals surface area contributed by atoms with E-state index in [2.05, 4.69) is 5.32 Å². The number of urea groups is 1. The number of rotatable bonds is 9. The topological polar surface area (TPSA) is 84.9 Å². The Bertz CT molecular complexity index is 913. The Morgan fingerprint density at radius 3 is 2.34 bits per heavy atom. The number of nitrogens with one attached hydrogen (secondary N) is 1. The van der Waals surface area contributed by atoms with Gasteiger partial charge in [-0.2, -0.15) is 8.42 Å². The first-order chi connectivity index (χ1) is 13.7. The Balaban J connectivity index is 2.16. The van der Waals surface area contributed by atoms with Gasteiger partial charge in [0.2, 0.25) is 0 Å². The van der Waals surface area contributed by atoms with Gasteiger partial charge in [-0.3, -0.25) is 0 Å². The van der Waals surface area contributed by atoms with Crippen molar-refractivity contribution in [3.63, 3.8) is 0 Å². The summed E-state index contributed by atoms with van der Waals surface area (Å²) in [6.45, 7) is 6.76. The van der Waals surface area contributed by atoms with Crippen LogP contribution in [0, 0.1) is 0 Å². The Morgan fingerprint density at radius 1 is 1.10 bits per heavy atom. The molecule has 0 bridgehead atoms. The van der Waals surface area contributed by atoms with E-state index in [1.165, 1.54) is 0 Å². The number of anilines is 1. The first-order valence-corrected chi connectivity index (χ1v) is 11.3. The lowest BCUT2D eigenvalue weighted by molar-refractivity contribution is 0.187. The monoisotopic (exact) mass is 420 g/mol. The van der Waals surface area contributed by atoms with Gasteiger partial charge in [-0.05, 0) is 50.1 Å². The van der Waals surface area contributed by atoms with Crippen molar-refractivity contribution in [2.75, 3.05) is 18.2 Å². The summed E-state index contributed by atoms with van der Waals surface area (Å²) in [5.74, 6) is 0.858. The third kappa shape index (κ3) is 6.98. The van der Waals surface area contributed by atoms with E-state index >= 15 is 0 Å². The minimum absolute atomic E-state index is 0.00111. The lowest BCUT2D eigenvalue weighted by Gasteiger charge is -2.29. The number of nitrogens with zero attached hydrogens (tertiary/aromatic N) is 1. The van der Waals surface area contributed by atoms with Crippen molar-refractivity contribution in [3.05, 3.63) is 54.1 Å². The molecule has 7 nitrogen and oxygen atoms in total. The summed E-state index contributed by atoms with van der Waals surface area (Å²) in [5.41, 5.74) is 1.48. The summed E-state index contributed by atoms with van der Waals surface area (Å²) in [6.07, 6.45) is 1.78. The average molecular weight is 421 g/mol. The van der Waals surface area contributed by atoms with Gasteiger partial charge in [-0.1, -0.05) is 31.2 Å². The quantitative estimate of drug-likeness (QED) is 0.613. The zero-order chi connectivity index (χ0) is 21.4. The average Bonchev–Trinajstić information content (AvgIpc) is 2.67. The molecule has 8 heteroatoms. The molecule has 29 heavy (non-hydrogen) atoms. The fourth-order valence-corrected chi connectivity index (χ4v) is 3.17. The van der Waals surface area contributed by atoms with Crippen molar-refractivity contribution in [1.29, 1.82) is 0 Å². The van der Waals surface area contributed by atoms with E-state index < -0.39 is 10.1 Å². The van der Waals surface area contributed by atoms with Crippen LogP contribution in [0.25, 0.3) is 0 Å². The highest BCUT2D eigenvalue weighted by Gasteiger charge is 2.20. The summed E-state index contributed by atoms with van der Waals surface area (Å²) in [7, 11) is -3.57. The van der Waals surface area contributed by atoms with Crippen molar-refractivity contribution in [2.24, 2.45) is 0 Å². The number of hydrogen-bond donors (Lipinski definition) is 1. The second kappa shape index (κ2) is 10.2. The van der Waals surface area contributed by atoms with E-state index in [4.69, 9.17) is 8.92 Å². The van der Waals surface area contributed by atoms with Gasteiger partial charge in [0.15, 0.2) is 0 Å². The van der Waals surface area contributed by atoms with Gasteiger partial charge in [0.05, 0.1) is 18.6 Å². The maximum absolute atomic E-state index is 13.0. The second-order valence-corrected chi connectivity index (χ2v) is 8.25. The second-order valence-electron chi connectivity index (χ2n) is 6.68. The van der Waals surface area contributed by atoms with E-state index in [-0.39, 0.29) is 17.8 Å². The van der Waals surface area contributed by atoms with E-state index in [1.807, 2.05) is 39.0 Å². The van der Waals surface area contributed by atoms with Crippen LogP contribution in [-0.4, -0.2) is 38.3 Å². The van der Waals surface area contributed by atoms with Gasteiger partial charge in [0.1, 0.15) is 11.5 Å². The van der Waals surface area contributed by atoms with Gasteiger partial charge >= 0.3 is 16.1 Å². The number of ether oxygens (including phenoxy) is 1. The summed E-state index contributed by atoms with van der Waals surface area (Å²) in [5, 5.41) is 2.93. The number of carbonyl (C=O) groups excluding carboxylic acids is 1. The number of amides is 2. The molecule has 0 fully saturated rings. The summed E-state index contributed by atoms with van der Waals surface area (Å²) in [6, 6.07) is 13.7. The molecule has 0 radical (unpaired) electrons. The molecule has 0 aromatic heterocycles. The predicted molar refractivity (Wildman–Crippen MR) is 114 cm³/mol. The molecule has 1 atom stereocenters. The van der Waals surface area contributed by atoms with Crippen molar-refractivity contribution in [3.8, 4) is 11.5 Å². The highest BCUT2D eigenvalue weighted by atomic mass is 32.2. The molecule has 0 saturated heterocycles. The standard InChI is InChI=1S/C21H28N2O5S/c1-5-16(3)23(15-17-11-13-18(14-12-17)28-29(4,25)26)21(24)22-19-9-7-8-10-20(19)27-6-2/h7-14,16H,5-6,15H2,1-4H3,(H,22,24). The van der Waals surface area contributed by atoms with Crippen LogP contribution in [0.5, 0.6) is 11.5 Å². The zero-order valence-corrected chi connectivity index (χ0v) is 18.0. The Labute approximate surface area is 172 Å². The van der Waals surface area contributed by atoms with Crippen molar-refractivity contribution < 1.29 is 22.1 Å². The maximum atomic E-state index is 13.0. The lowest BCUT2D eigenvalue weighted by Crippen LogP contribution is -2.40. The molecule has 0 aliphatic rings.